The summed E-state index contributed by atoms with van der Waals surface area (Å²) in [7, 11) is 0. The van der Waals surface area contributed by atoms with Gasteiger partial charge in [0.15, 0.2) is 0 Å². The van der Waals surface area contributed by atoms with Gasteiger partial charge in [0.2, 0.25) is 0 Å². The lowest BCUT2D eigenvalue weighted by Gasteiger charge is -2.28. The Bertz CT molecular complexity index is 468. The summed E-state index contributed by atoms with van der Waals surface area (Å²) >= 11 is 0. The highest BCUT2D eigenvalue weighted by Crippen LogP contribution is 2.28. The molecule has 1 atom stereocenters. The molecule has 1 aromatic rings. The Morgan fingerprint density at radius 3 is 3.00 bits per heavy atom. The van der Waals surface area contributed by atoms with Crippen LogP contribution in [0.5, 0.6) is 0 Å². The zero-order chi connectivity index (χ0) is 13.7. The standard InChI is InChI=1S/C15H24N2O2/c1-2-16-13-6-5-7-14-12(13)8-9-15(19)17(14)10-3-4-11-18/h8-9,13,16,18H,2-7,10-11H2,1H3. The minimum Gasteiger partial charge on any atom is -0.396 e. The highest BCUT2D eigenvalue weighted by atomic mass is 16.2. The first-order chi connectivity index (χ1) is 9.27. The van der Waals surface area contributed by atoms with Crippen LogP contribution in [0.15, 0.2) is 16.9 Å². The third-order valence-corrected chi connectivity index (χ3v) is 3.85. The van der Waals surface area contributed by atoms with Crippen molar-refractivity contribution in [3.05, 3.63) is 33.7 Å². The summed E-state index contributed by atoms with van der Waals surface area (Å²) in [4.78, 5) is 12.0. The third-order valence-electron chi connectivity index (χ3n) is 3.85. The largest absolute Gasteiger partial charge is 0.396 e. The van der Waals surface area contributed by atoms with Crippen molar-refractivity contribution < 1.29 is 5.11 Å². The number of rotatable bonds is 6. The molecule has 0 amide bonds. The zero-order valence-corrected chi connectivity index (χ0v) is 11.7. The smallest absolute Gasteiger partial charge is 0.250 e. The van der Waals surface area contributed by atoms with Gasteiger partial charge in [-0.25, -0.2) is 0 Å². The second-order valence-electron chi connectivity index (χ2n) is 5.16. The number of hydrogen-bond acceptors (Lipinski definition) is 3. The Labute approximate surface area is 114 Å². The lowest BCUT2D eigenvalue weighted by atomic mass is 9.90. The summed E-state index contributed by atoms with van der Waals surface area (Å²) < 4.78 is 1.91. The number of nitrogens with one attached hydrogen (secondary N) is 1. The molecule has 1 aromatic heterocycles. The van der Waals surface area contributed by atoms with Crippen LogP contribution in [0.1, 0.15) is 49.9 Å². The van der Waals surface area contributed by atoms with Gasteiger partial charge in [0.1, 0.15) is 0 Å². The van der Waals surface area contributed by atoms with Crippen LogP contribution < -0.4 is 10.9 Å². The van der Waals surface area contributed by atoms with Crippen LogP contribution in [0.3, 0.4) is 0 Å². The number of hydrogen-bond donors (Lipinski definition) is 2. The summed E-state index contributed by atoms with van der Waals surface area (Å²) in [6.45, 7) is 3.99. The Hall–Kier alpha value is -1.13. The Morgan fingerprint density at radius 2 is 2.26 bits per heavy atom. The van der Waals surface area contributed by atoms with E-state index in [4.69, 9.17) is 5.11 Å². The molecule has 0 saturated heterocycles. The van der Waals surface area contributed by atoms with Gasteiger partial charge in [-0.3, -0.25) is 4.79 Å². The molecule has 0 saturated carbocycles. The maximum atomic E-state index is 12.0. The zero-order valence-electron chi connectivity index (χ0n) is 11.7. The van der Waals surface area contributed by atoms with Crippen molar-refractivity contribution in [3.8, 4) is 0 Å². The van der Waals surface area contributed by atoms with Gasteiger partial charge >= 0.3 is 0 Å². The second kappa shape index (κ2) is 6.87. The molecule has 2 N–H and O–H groups in total. The number of fused-ring (bicyclic) bond motifs is 1. The van der Waals surface area contributed by atoms with Crippen molar-refractivity contribution in [2.75, 3.05) is 13.2 Å². The molecule has 0 aliphatic heterocycles. The topological polar surface area (TPSA) is 54.3 Å². The van der Waals surface area contributed by atoms with Crippen molar-refractivity contribution in [1.82, 2.24) is 9.88 Å². The fourth-order valence-electron chi connectivity index (χ4n) is 2.95. The molecular formula is C15H24N2O2. The number of aliphatic hydroxyl groups excluding tert-OH is 1. The fraction of sp³-hybridized carbons (Fsp3) is 0.667. The molecule has 0 spiro atoms. The van der Waals surface area contributed by atoms with Gasteiger partial charge in [0.25, 0.3) is 5.56 Å². The normalized spacial score (nSPS) is 18.3. The van der Waals surface area contributed by atoms with E-state index in [9.17, 15) is 4.79 Å². The quantitative estimate of drug-likeness (QED) is 0.768. The molecule has 0 aromatic carbocycles. The molecule has 19 heavy (non-hydrogen) atoms. The third kappa shape index (κ3) is 3.25. The van der Waals surface area contributed by atoms with Crippen molar-refractivity contribution in [2.24, 2.45) is 0 Å². The molecular weight excluding hydrogens is 240 g/mol. The maximum absolute atomic E-state index is 12.0. The minimum absolute atomic E-state index is 0.0915. The number of unbranched alkanes of at least 4 members (excludes halogenated alkanes) is 1. The van der Waals surface area contributed by atoms with Crippen molar-refractivity contribution in [1.29, 1.82) is 0 Å². The van der Waals surface area contributed by atoms with Gasteiger partial charge in [0.05, 0.1) is 0 Å². The van der Waals surface area contributed by atoms with E-state index in [0.717, 1.165) is 45.2 Å². The van der Waals surface area contributed by atoms with E-state index < -0.39 is 0 Å². The van der Waals surface area contributed by atoms with Crippen LogP contribution >= 0.6 is 0 Å². The van der Waals surface area contributed by atoms with Gasteiger partial charge in [0, 0.05) is 31.0 Å². The minimum atomic E-state index is 0.0915. The van der Waals surface area contributed by atoms with Gasteiger partial charge in [-0.15, -0.1) is 0 Å². The van der Waals surface area contributed by atoms with Crippen molar-refractivity contribution in [2.45, 2.75) is 51.6 Å². The molecule has 1 unspecified atom stereocenters. The number of pyridine rings is 1. The maximum Gasteiger partial charge on any atom is 0.250 e. The first-order valence-corrected chi connectivity index (χ1v) is 7.34. The van der Waals surface area contributed by atoms with E-state index in [2.05, 4.69) is 12.2 Å². The van der Waals surface area contributed by atoms with E-state index in [1.54, 1.807) is 6.07 Å². The summed E-state index contributed by atoms with van der Waals surface area (Å²) in [5.74, 6) is 0. The highest BCUT2D eigenvalue weighted by Gasteiger charge is 2.22. The molecule has 1 aliphatic rings. The Morgan fingerprint density at radius 1 is 1.42 bits per heavy atom. The Kier molecular flexibility index (Phi) is 5.16. The number of aromatic nitrogens is 1. The van der Waals surface area contributed by atoms with Crippen LogP contribution in [-0.2, 0) is 13.0 Å². The lowest BCUT2D eigenvalue weighted by molar-refractivity contribution is 0.280. The molecule has 1 heterocycles. The summed E-state index contributed by atoms with van der Waals surface area (Å²) in [5.41, 5.74) is 2.58. The van der Waals surface area contributed by atoms with Crippen LogP contribution in [0, 0.1) is 0 Å². The van der Waals surface area contributed by atoms with Crippen LogP contribution in [0.4, 0.5) is 0 Å². The molecule has 106 valence electrons. The second-order valence-corrected chi connectivity index (χ2v) is 5.16. The van der Waals surface area contributed by atoms with Gasteiger partial charge in [-0.05, 0) is 44.2 Å². The van der Waals surface area contributed by atoms with E-state index in [1.807, 2.05) is 10.6 Å². The van der Waals surface area contributed by atoms with Crippen molar-refractivity contribution in [3.63, 3.8) is 0 Å². The molecule has 2 rings (SSSR count). The molecule has 0 bridgehead atoms. The average molecular weight is 264 g/mol. The molecule has 1 aliphatic carbocycles. The Balaban J connectivity index is 2.27. The van der Waals surface area contributed by atoms with E-state index in [0.29, 0.717) is 6.04 Å². The molecule has 0 fully saturated rings. The summed E-state index contributed by atoms with van der Waals surface area (Å²) in [6, 6.07) is 4.07. The summed E-state index contributed by atoms with van der Waals surface area (Å²) in [6.07, 6.45) is 4.89. The molecule has 4 nitrogen and oxygen atoms in total. The predicted molar refractivity (Wildman–Crippen MR) is 76.4 cm³/mol. The van der Waals surface area contributed by atoms with Crippen molar-refractivity contribution >= 4 is 0 Å². The lowest BCUT2D eigenvalue weighted by Crippen LogP contribution is -2.31. The first kappa shape index (κ1) is 14.3. The SMILES string of the molecule is CCNC1CCCc2c1ccc(=O)n2CCCCO. The number of nitrogens with zero attached hydrogens (tertiary/aromatic N) is 1. The van der Waals surface area contributed by atoms with Crippen LogP contribution in [0.2, 0.25) is 0 Å². The van der Waals surface area contributed by atoms with Gasteiger partial charge < -0.3 is 15.0 Å². The van der Waals surface area contributed by atoms with E-state index in [1.165, 1.54) is 11.3 Å². The summed E-state index contributed by atoms with van der Waals surface area (Å²) in [5, 5.41) is 12.4. The van der Waals surface area contributed by atoms with Gasteiger partial charge in [-0.1, -0.05) is 13.0 Å². The van der Waals surface area contributed by atoms with E-state index >= 15 is 0 Å². The van der Waals surface area contributed by atoms with Crippen LogP contribution in [-0.4, -0.2) is 22.8 Å². The molecule has 0 radical (unpaired) electrons. The van der Waals surface area contributed by atoms with Crippen LogP contribution in [0.25, 0.3) is 0 Å². The van der Waals surface area contributed by atoms with E-state index in [-0.39, 0.29) is 12.2 Å². The number of aliphatic hydroxyl groups is 1. The average Bonchev–Trinajstić information content (AvgIpc) is 2.42. The first-order valence-electron chi connectivity index (χ1n) is 7.34. The fourth-order valence-corrected chi connectivity index (χ4v) is 2.95. The predicted octanol–water partition coefficient (Wildman–Crippen LogP) is 1.61. The monoisotopic (exact) mass is 264 g/mol. The molecule has 4 heteroatoms. The van der Waals surface area contributed by atoms with Gasteiger partial charge in [-0.2, -0.15) is 0 Å². The highest BCUT2D eigenvalue weighted by molar-refractivity contribution is 5.27.